The first-order valence-electron chi connectivity index (χ1n) is 8.50. The number of aromatic carboxylic acids is 1. The summed E-state index contributed by atoms with van der Waals surface area (Å²) in [6.45, 7) is 9.85. The number of benzene rings is 2. The molecular weight excluding hydrogens is 330 g/mol. The van der Waals surface area contributed by atoms with E-state index in [1.54, 1.807) is 19.9 Å². The summed E-state index contributed by atoms with van der Waals surface area (Å²) < 4.78 is 5.71. The lowest BCUT2D eigenvalue weighted by Gasteiger charge is -2.20. The van der Waals surface area contributed by atoms with Crippen LogP contribution in [0.2, 0.25) is 0 Å². The lowest BCUT2D eigenvalue weighted by atomic mass is 9.87. The van der Waals surface area contributed by atoms with Crippen molar-refractivity contribution in [1.29, 1.82) is 0 Å². The van der Waals surface area contributed by atoms with Gasteiger partial charge in [0.25, 0.3) is 5.91 Å². The van der Waals surface area contributed by atoms with Crippen LogP contribution in [-0.2, 0) is 10.2 Å². The maximum Gasteiger partial charge on any atom is 0.335 e. The molecule has 2 aromatic carbocycles. The highest BCUT2D eigenvalue weighted by molar-refractivity contribution is 5.96. The Morgan fingerprint density at radius 1 is 1.08 bits per heavy atom. The minimum Gasteiger partial charge on any atom is -0.481 e. The van der Waals surface area contributed by atoms with Gasteiger partial charge in [0.15, 0.2) is 6.10 Å². The number of rotatable bonds is 5. The second-order valence-corrected chi connectivity index (χ2v) is 7.36. The molecule has 2 rings (SSSR count). The van der Waals surface area contributed by atoms with Crippen LogP contribution in [0, 0.1) is 6.92 Å². The summed E-state index contributed by atoms with van der Waals surface area (Å²) in [6, 6.07) is 12.3. The van der Waals surface area contributed by atoms with E-state index in [1.807, 2.05) is 24.3 Å². The topological polar surface area (TPSA) is 75.6 Å². The van der Waals surface area contributed by atoms with Crippen molar-refractivity contribution in [2.24, 2.45) is 0 Å². The van der Waals surface area contributed by atoms with E-state index in [1.165, 1.54) is 17.7 Å². The number of anilines is 1. The Balaban J connectivity index is 2.06. The van der Waals surface area contributed by atoms with Crippen LogP contribution in [0.3, 0.4) is 0 Å². The number of hydrogen-bond acceptors (Lipinski definition) is 3. The first-order valence-corrected chi connectivity index (χ1v) is 8.50. The predicted octanol–water partition coefficient (Wildman–Crippen LogP) is 4.40. The van der Waals surface area contributed by atoms with Gasteiger partial charge in [0, 0.05) is 5.69 Å². The van der Waals surface area contributed by atoms with Crippen LogP contribution in [0.1, 0.15) is 49.2 Å². The molecule has 0 bridgehead atoms. The number of carboxylic acids is 1. The van der Waals surface area contributed by atoms with Crippen molar-refractivity contribution in [3.8, 4) is 5.75 Å². The van der Waals surface area contributed by atoms with Crippen LogP contribution >= 0.6 is 0 Å². The summed E-state index contributed by atoms with van der Waals surface area (Å²) in [7, 11) is 0. The molecule has 0 saturated heterocycles. The lowest BCUT2D eigenvalue weighted by molar-refractivity contribution is -0.122. The smallest absolute Gasteiger partial charge is 0.335 e. The summed E-state index contributed by atoms with van der Waals surface area (Å²) >= 11 is 0. The van der Waals surface area contributed by atoms with Gasteiger partial charge in [-0.2, -0.15) is 0 Å². The van der Waals surface area contributed by atoms with Crippen molar-refractivity contribution in [2.75, 3.05) is 5.32 Å². The molecule has 0 saturated carbocycles. The van der Waals surface area contributed by atoms with Crippen LogP contribution < -0.4 is 10.1 Å². The van der Waals surface area contributed by atoms with Gasteiger partial charge in [-0.15, -0.1) is 0 Å². The zero-order valence-corrected chi connectivity index (χ0v) is 15.8. The highest BCUT2D eigenvalue weighted by atomic mass is 16.5. The Labute approximate surface area is 154 Å². The third-order valence-electron chi connectivity index (χ3n) is 4.14. The van der Waals surface area contributed by atoms with Gasteiger partial charge in [0.05, 0.1) is 5.56 Å². The molecule has 0 aliphatic carbocycles. The minimum atomic E-state index is -1.04. The highest BCUT2D eigenvalue weighted by Gasteiger charge is 2.18. The molecule has 0 radical (unpaired) electrons. The van der Waals surface area contributed by atoms with Gasteiger partial charge >= 0.3 is 5.97 Å². The van der Waals surface area contributed by atoms with E-state index in [0.29, 0.717) is 11.4 Å². The number of amides is 1. The average molecular weight is 355 g/mol. The third kappa shape index (κ3) is 4.85. The van der Waals surface area contributed by atoms with Gasteiger partial charge in [-0.3, -0.25) is 4.79 Å². The van der Waals surface area contributed by atoms with Crippen LogP contribution in [-0.4, -0.2) is 23.1 Å². The van der Waals surface area contributed by atoms with Crippen molar-refractivity contribution >= 4 is 17.6 Å². The lowest BCUT2D eigenvalue weighted by Crippen LogP contribution is -2.30. The van der Waals surface area contributed by atoms with Crippen LogP contribution in [0.4, 0.5) is 5.69 Å². The van der Waals surface area contributed by atoms with Crippen molar-refractivity contribution in [3.05, 3.63) is 59.2 Å². The summed E-state index contributed by atoms with van der Waals surface area (Å²) in [5, 5.41) is 11.8. The summed E-state index contributed by atoms with van der Waals surface area (Å²) in [4.78, 5) is 23.5. The number of ether oxygens (including phenoxy) is 1. The van der Waals surface area contributed by atoms with Crippen LogP contribution in [0.5, 0.6) is 5.75 Å². The van der Waals surface area contributed by atoms with Crippen LogP contribution in [0.25, 0.3) is 0 Å². The number of hydrogen-bond donors (Lipinski definition) is 2. The number of nitrogens with one attached hydrogen (secondary N) is 1. The van der Waals surface area contributed by atoms with E-state index < -0.39 is 12.1 Å². The molecule has 0 aliphatic rings. The second-order valence-electron chi connectivity index (χ2n) is 7.36. The van der Waals surface area contributed by atoms with Crippen molar-refractivity contribution in [3.63, 3.8) is 0 Å². The molecule has 26 heavy (non-hydrogen) atoms. The Hall–Kier alpha value is -2.82. The normalized spacial score (nSPS) is 12.3. The van der Waals surface area contributed by atoms with E-state index in [9.17, 15) is 9.59 Å². The largest absolute Gasteiger partial charge is 0.481 e. The monoisotopic (exact) mass is 355 g/mol. The fourth-order valence-corrected chi connectivity index (χ4v) is 2.42. The molecule has 5 nitrogen and oxygen atoms in total. The molecule has 0 aliphatic heterocycles. The molecule has 0 fully saturated rings. The molecule has 138 valence electrons. The fourth-order valence-electron chi connectivity index (χ4n) is 2.42. The SMILES string of the molecule is Cc1ccc(C(=O)O)cc1NC(=O)C(C)Oc1ccc(C(C)(C)C)cc1. The minimum absolute atomic E-state index is 0.0498. The van der Waals surface area contributed by atoms with Gasteiger partial charge in [0.1, 0.15) is 5.75 Å². The second kappa shape index (κ2) is 7.60. The number of carbonyl (C=O) groups is 2. The highest BCUT2D eigenvalue weighted by Crippen LogP contribution is 2.25. The van der Waals surface area contributed by atoms with Gasteiger partial charge in [-0.1, -0.05) is 39.0 Å². The molecule has 2 aromatic rings. The summed E-state index contributed by atoms with van der Waals surface area (Å²) in [5.41, 5.74) is 2.60. The standard InChI is InChI=1S/C21H25NO4/c1-13-6-7-15(20(24)25)12-18(13)22-19(23)14(2)26-17-10-8-16(9-11-17)21(3,4)5/h6-12,14H,1-5H3,(H,22,23)(H,24,25). The molecule has 1 atom stereocenters. The Bertz CT molecular complexity index is 804. The molecule has 0 heterocycles. The van der Waals surface area contributed by atoms with Gasteiger partial charge in [-0.25, -0.2) is 4.79 Å². The summed E-state index contributed by atoms with van der Waals surface area (Å²) in [5.74, 6) is -0.768. The van der Waals surface area contributed by atoms with Gasteiger partial charge < -0.3 is 15.2 Å². The van der Waals surface area contributed by atoms with E-state index in [-0.39, 0.29) is 16.9 Å². The Morgan fingerprint density at radius 3 is 2.23 bits per heavy atom. The van der Waals surface area contributed by atoms with E-state index in [0.717, 1.165) is 5.56 Å². The zero-order chi connectivity index (χ0) is 19.5. The predicted molar refractivity (Wildman–Crippen MR) is 102 cm³/mol. The van der Waals surface area contributed by atoms with Gasteiger partial charge in [-0.05, 0) is 54.7 Å². The van der Waals surface area contributed by atoms with E-state index in [2.05, 4.69) is 26.1 Å². The number of aryl methyl sites for hydroxylation is 1. The van der Waals surface area contributed by atoms with Crippen molar-refractivity contribution in [1.82, 2.24) is 0 Å². The van der Waals surface area contributed by atoms with Crippen molar-refractivity contribution in [2.45, 2.75) is 46.1 Å². The first-order chi connectivity index (χ1) is 12.1. The van der Waals surface area contributed by atoms with Crippen LogP contribution in [0.15, 0.2) is 42.5 Å². The first kappa shape index (κ1) is 19.5. The van der Waals surface area contributed by atoms with E-state index in [4.69, 9.17) is 9.84 Å². The molecule has 0 aromatic heterocycles. The fraction of sp³-hybridized carbons (Fsp3) is 0.333. The zero-order valence-electron chi connectivity index (χ0n) is 15.8. The quantitative estimate of drug-likeness (QED) is 0.834. The Morgan fingerprint density at radius 2 is 1.69 bits per heavy atom. The number of carboxylic acid groups (broad SMARTS) is 1. The molecule has 1 unspecified atom stereocenters. The average Bonchev–Trinajstić information content (AvgIpc) is 2.56. The van der Waals surface area contributed by atoms with Gasteiger partial charge in [0.2, 0.25) is 0 Å². The molecule has 1 amide bonds. The summed E-state index contributed by atoms with van der Waals surface area (Å²) in [6.07, 6.45) is -0.719. The van der Waals surface area contributed by atoms with E-state index >= 15 is 0 Å². The molecule has 0 spiro atoms. The molecular formula is C21H25NO4. The Kier molecular flexibility index (Phi) is 5.70. The molecule has 5 heteroatoms. The molecule has 2 N–H and O–H groups in total. The maximum absolute atomic E-state index is 12.4. The number of carbonyl (C=O) groups excluding carboxylic acids is 1. The third-order valence-corrected chi connectivity index (χ3v) is 4.14. The maximum atomic E-state index is 12.4. The van der Waals surface area contributed by atoms with Crippen molar-refractivity contribution < 1.29 is 19.4 Å².